The van der Waals surface area contributed by atoms with Crippen LogP contribution in [0.5, 0.6) is 0 Å². The zero-order chi connectivity index (χ0) is 13.1. The quantitative estimate of drug-likeness (QED) is 0.465. The monoisotopic (exact) mass is 238 g/mol. The fraction of sp³-hybridized carbons (Fsp3) is 0.867. The van der Waals surface area contributed by atoms with Crippen molar-refractivity contribution in [3.8, 4) is 12.3 Å². The summed E-state index contributed by atoms with van der Waals surface area (Å²) in [6.07, 6.45) is 9.05. The smallest absolute Gasteiger partial charge is 0.0601 e. The largest absolute Gasteiger partial charge is 0.316 e. The van der Waals surface area contributed by atoms with Crippen LogP contribution in [0.25, 0.3) is 0 Å². The first-order chi connectivity index (χ1) is 8.11. The van der Waals surface area contributed by atoms with Crippen LogP contribution in [-0.4, -0.2) is 37.1 Å². The average molecular weight is 238 g/mol. The molecule has 0 spiro atoms. The molecule has 0 aromatic carbocycles. The van der Waals surface area contributed by atoms with Crippen LogP contribution in [0.1, 0.15) is 47.0 Å². The third-order valence-electron chi connectivity index (χ3n) is 2.96. The van der Waals surface area contributed by atoms with Crippen LogP contribution in [0.3, 0.4) is 0 Å². The molecule has 0 rings (SSSR count). The van der Waals surface area contributed by atoms with Gasteiger partial charge in [-0.05, 0) is 51.7 Å². The predicted molar refractivity (Wildman–Crippen MR) is 77.1 cm³/mol. The summed E-state index contributed by atoms with van der Waals surface area (Å²) in [7, 11) is 0. The fourth-order valence-electron chi connectivity index (χ4n) is 1.96. The molecule has 0 aliphatic carbocycles. The number of hydrogen-bond donors (Lipinski definition) is 1. The van der Waals surface area contributed by atoms with Crippen molar-refractivity contribution in [2.45, 2.75) is 53.0 Å². The molecule has 0 heterocycles. The topological polar surface area (TPSA) is 15.3 Å². The first-order valence-corrected chi connectivity index (χ1v) is 7.00. The highest BCUT2D eigenvalue weighted by molar-refractivity contribution is 4.89. The zero-order valence-corrected chi connectivity index (χ0v) is 12.1. The number of rotatable bonds is 10. The minimum atomic E-state index is 0.604. The molecule has 0 radical (unpaired) electrons. The summed E-state index contributed by atoms with van der Waals surface area (Å²) >= 11 is 0. The van der Waals surface area contributed by atoms with Gasteiger partial charge in [0, 0.05) is 6.04 Å². The van der Waals surface area contributed by atoms with Crippen molar-refractivity contribution in [1.82, 2.24) is 10.2 Å². The molecule has 0 aromatic rings. The highest BCUT2D eigenvalue weighted by atomic mass is 15.1. The van der Waals surface area contributed by atoms with Crippen LogP contribution in [0.15, 0.2) is 0 Å². The van der Waals surface area contributed by atoms with E-state index in [9.17, 15) is 0 Å². The Balaban J connectivity index is 3.67. The van der Waals surface area contributed by atoms with Gasteiger partial charge in [0.15, 0.2) is 0 Å². The lowest BCUT2D eigenvalue weighted by Crippen LogP contribution is -2.34. The van der Waals surface area contributed by atoms with E-state index in [0.717, 1.165) is 32.1 Å². The highest BCUT2D eigenvalue weighted by Gasteiger charge is 2.10. The van der Waals surface area contributed by atoms with E-state index in [0.29, 0.717) is 6.04 Å². The molecule has 2 nitrogen and oxygen atoms in total. The zero-order valence-electron chi connectivity index (χ0n) is 12.1. The molecule has 1 N–H and O–H groups in total. The van der Waals surface area contributed by atoms with Crippen LogP contribution >= 0.6 is 0 Å². The number of nitrogens with zero attached hydrogens (tertiary/aromatic N) is 1. The van der Waals surface area contributed by atoms with Gasteiger partial charge in [0.05, 0.1) is 6.54 Å². The van der Waals surface area contributed by atoms with Gasteiger partial charge in [0.2, 0.25) is 0 Å². The maximum atomic E-state index is 5.40. The van der Waals surface area contributed by atoms with Gasteiger partial charge in [-0.3, -0.25) is 4.90 Å². The first kappa shape index (κ1) is 16.5. The Kier molecular flexibility index (Phi) is 10.3. The van der Waals surface area contributed by atoms with Crippen molar-refractivity contribution in [2.75, 3.05) is 26.2 Å². The summed E-state index contributed by atoms with van der Waals surface area (Å²) in [5, 5.41) is 3.48. The van der Waals surface area contributed by atoms with Crippen LogP contribution in [0.4, 0.5) is 0 Å². The molecule has 1 unspecified atom stereocenters. The maximum Gasteiger partial charge on any atom is 0.0601 e. The van der Waals surface area contributed by atoms with Gasteiger partial charge >= 0.3 is 0 Å². The molecular weight excluding hydrogens is 208 g/mol. The molecular formula is C15H30N2. The molecule has 0 fully saturated rings. The lowest BCUT2D eigenvalue weighted by atomic mass is 10.1. The van der Waals surface area contributed by atoms with E-state index in [1.54, 1.807) is 0 Å². The van der Waals surface area contributed by atoms with Crippen LogP contribution in [0.2, 0.25) is 0 Å². The molecule has 0 saturated carbocycles. The van der Waals surface area contributed by atoms with E-state index in [-0.39, 0.29) is 0 Å². The molecule has 0 amide bonds. The number of hydrogen-bond acceptors (Lipinski definition) is 2. The summed E-state index contributed by atoms with van der Waals surface area (Å²) in [6.45, 7) is 13.1. The van der Waals surface area contributed by atoms with E-state index >= 15 is 0 Å². The summed E-state index contributed by atoms with van der Waals surface area (Å²) in [5.74, 6) is 3.50. The van der Waals surface area contributed by atoms with Gasteiger partial charge in [0.25, 0.3) is 0 Å². The lowest BCUT2D eigenvalue weighted by Gasteiger charge is -2.26. The Morgan fingerprint density at radius 1 is 1.29 bits per heavy atom. The molecule has 0 saturated heterocycles. The summed E-state index contributed by atoms with van der Waals surface area (Å²) in [5.41, 5.74) is 0. The second-order valence-corrected chi connectivity index (χ2v) is 5.26. The highest BCUT2D eigenvalue weighted by Crippen LogP contribution is 2.06. The van der Waals surface area contributed by atoms with Gasteiger partial charge < -0.3 is 5.32 Å². The van der Waals surface area contributed by atoms with Gasteiger partial charge in [-0.25, -0.2) is 0 Å². The first-order valence-electron chi connectivity index (χ1n) is 7.00. The minimum Gasteiger partial charge on any atom is -0.316 e. The molecule has 0 bridgehead atoms. The molecule has 100 valence electrons. The molecule has 2 heteroatoms. The second-order valence-electron chi connectivity index (χ2n) is 5.26. The number of nitrogens with one attached hydrogen (secondary N) is 1. The Morgan fingerprint density at radius 2 is 2.00 bits per heavy atom. The Bertz CT molecular complexity index is 205. The van der Waals surface area contributed by atoms with Crippen molar-refractivity contribution < 1.29 is 0 Å². The summed E-state index contributed by atoms with van der Waals surface area (Å²) in [6, 6.07) is 0.604. The summed E-state index contributed by atoms with van der Waals surface area (Å²) in [4.78, 5) is 2.41. The number of terminal acetylenes is 1. The Morgan fingerprint density at radius 3 is 2.53 bits per heavy atom. The second kappa shape index (κ2) is 10.6. The third kappa shape index (κ3) is 9.21. The van der Waals surface area contributed by atoms with Crippen LogP contribution in [0, 0.1) is 18.3 Å². The van der Waals surface area contributed by atoms with Crippen LogP contribution in [-0.2, 0) is 0 Å². The van der Waals surface area contributed by atoms with Gasteiger partial charge in [0.1, 0.15) is 0 Å². The van der Waals surface area contributed by atoms with E-state index in [1.807, 2.05) is 0 Å². The molecule has 1 atom stereocenters. The Labute approximate surface area is 108 Å². The third-order valence-corrected chi connectivity index (χ3v) is 2.96. The van der Waals surface area contributed by atoms with Gasteiger partial charge in [-0.2, -0.15) is 0 Å². The molecule has 0 aliphatic heterocycles. The van der Waals surface area contributed by atoms with E-state index in [1.165, 1.54) is 19.3 Å². The van der Waals surface area contributed by atoms with Crippen LogP contribution < -0.4 is 5.32 Å². The van der Waals surface area contributed by atoms with Gasteiger partial charge in [-0.15, -0.1) is 6.42 Å². The minimum absolute atomic E-state index is 0.604. The summed E-state index contributed by atoms with van der Waals surface area (Å²) < 4.78 is 0. The van der Waals surface area contributed by atoms with Crippen molar-refractivity contribution in [1.29, 1.82) is 0 Å². The standard InChI is InChI=1S/C15H30N2/c1-6-11-17(12-7-2)15(5)9-8-10-16-13-14(3)4/h1,14-16H,7-13H2,2-5H3. The predicted octanol–water partition coefficient (Wildman–Crippen LogP) is 2.75. The average Bonchev–Trinajstić information content (AvgIpc) is 2.27. The fourth-order valence-corrected chi connectivity index (χ4v) is 1.96. The molecule has 0 aliphatic rings. The lowest BCUT2D eigenvalue weighted by molar-refractivity contribution is 0.221. The van der Waals surface area contributed by atoms with Crippen molar-refractivity contribution in [3.05, 3.63) is 0 Å². The van der Waals surface area contributed by atoms with E-state index in [4.69, 9.17) is 6.42 Å². The molecule has 0 aromatic heterocycles. The van der Waals surface area contributed by atoms with Gasteiger partial charge in [-0.1, -0.05) is 26.7 Å². The normalized spacial score (nSPS) is 13.0. The molecule has 17 heavy (non-hydrogen) atoms. The SMILES string of the molecule is C#CCN(CCC)C(C)CCCNCC(C)C. The Hall–Kier alpha value is -0.520. The van der Waals surface area contributed by atoms with Crippen molar-refractivity contribution >= 4 is 0 Å². The van der Waals surface area contributed by atoms with Crippen molar-refractivity contribution in [3.63, 3.8) is 0 Å². The van der Waals surface area contributed by atoms with Crippen molar-refractivity contribution in [2.24, 2.45) is 5.92 Å². The van der Waals surface area contributed by atoms with E-state index < -0.39 is 0 Å². The van der Waals surface area contributed by atoms with E-state index in [2.05, 4.69) is 43.8 Å². The maximum absolute atomic E-state index is 5.40.